The summed E-state index contributed by atoms with van der Waals surface area (Å²) in [6.07, 6.45) is -1.67. The molecule has 0 saturated carbocycles. The van der Waals surface area contributed by atoms with Crippen molar-refractivity contribution < 1.29 is 8.78 Å². The number of allylic oxidation sites excluding steroid dienone is 2. The van der Waals surface area contributed by atoms with Gasteiger partial charge in [0.25, 0.3) is 6.43 Å². The Morgan fingerprint density at radius 1 is 1.24 bits per heavy atom. The number of hydrogen-bond donors (Lipinski definition) is 0. The molecule has 0 aliphatic carbocycles. The van der Waals surface area contributed by atoms with Crippen LogP contribution in [0.3, 0.4) is 0 Å². The quantitative estimate of drug-likeness (QED) is 0.751. The average Bonchev–Trinajstić information content (AvgIpc) is 2.36. The first kappa shape index (κ1) is 12.9. The van der Waals surface area contributed by atoms with Crippen LogP contribution in [0.15, 0.2) is 42.0 Å². The van der Waals surface area contributed by atoms with Crippen LogP contribution in [0.1, 0.15) is 12.5 Å². The molecule has 0 amide bonds. The van der Waals surface area contributed by atoms with E-state index < -0.39 is 11.8 Å². The van der Waals surface area contributed by atoms with Crippen LogP contribution in [0, 0.1) is 22.7 Å². The lowest BCUT2D eigenvalue weighted by Gasteiger charge is -2.25. The second-order valence-electron chi connectivity index (χ2n) is 3.73. The molecule has 0 heterocycles. The summed E-state index contributed by atoms with van der Waals surface area (Å²) in [6, 6.07) is 11.3. The predicted octanol–water partition coefficient (Wildman–Crippen LogP) is 3.18. The Morgan fingerprint density at radius 3 is 2.18 bits per heavy atom. The highest BCUT2D eigenvalue weighted by atomic mass is 19.3. The highest BCUT2D eigenvalue weighted by molar-refractivity contribution is 5.42. The molecule has 0 bridgehead atoms. The van der Waals surface area contributed by atoms with Crippen molar-refractivity contribution in [1.82, 2.24) is 0 Å². The van der Waals surface area contributed by atoms with Crippen molar-refractivity contribution in [1.29, 1.82) is 10.5 Å². The first-order valence-corrected chi connectivity index (χ1v) is 4.91. The molecule has 0 radical (unpaired) electrons. The van der Waals surface area contributed by atoms with Crippen LogP contribution < -0.4 is 0 Å². The van der Waals surface area contributed by atoms with Crippen molar-refractivity contribution in [2.75, 3.05) is 0 Å². The molecule has 0 saturated heterocycles. The summed E-state index contributed by atoms with van der Waals surface area (Å²) in [5.74, 6) is 0. The second kappa shape index (κ2) is 5.23. The SMILES string of the molecule is CC(C=C(C#N)C#N)(c1ccccc1)C(F)F. The van der Waals surface area contributed by atoms with Crippen molar-refractivity contribution >= 4 is 0 Å². The minimum absolute atomic E-state index is 0.309. The lowest BCUT2D eigenvalue weighted by molar-refractivity contribution is 0.0844. The third-order valence-electron chi connectivity index (χ3n) is 2.53. The van der Waals surface area contributed by atoms with E-state index in [2.05, 4.69) is 0 Å². The van der Waals surface area contributed by atoms with Gasteiger partial charge in [-0.1, -0.05) is 30.3 Å². The fraction of sp³-hybridized carbons (Fsp3) is 0.231. The van der Waals surface area contributed by atoms with Crippen molar-refractivity contribution in [3.63, 3.8) is 0 Å². The van der Waals surface area contributed by atoms with Gasteiger partial charge in [-0.3, -0.25) is 0 Å². The highest BCUT2D eigenvalue weighted by Crippen LogP contribution is 2.33. The summed E-state index contributed by atoms with van der Waals surface area (Å²) in [5, 5.41) is 17.3. The standard InChI is InChI=1S/C13H10F2N2/c1-13(12(14)15,7-10(8-16)9-17)11-5-3-2-4-6-11/h2-7,12H,1H3. The molecule has 1 aromatic carbocycles. The monoisotopic (exact) mass is 232 g/mol. The van der Waals surface area contributed by atoms with Gasteiger partial charge in [-0.25, -0.2) is 8.78 Å². The zero-order valence-electron chi connectivity index (χ0n) is 9.19. The summed E-state index contributed by atoms with van der Waals surface area (Å²) in [5.41, 5.74) is -1.56. The molecule has 1 atom stereocenters. The van der Waals surface area contributed by atoms with Gasteiger partial charge in [-0.2, -0.15) is 10.5 Å². The van der Waals surface area contributed by atoms with E-state index in [1.54, 1.807) is 42.5 Å². The number of rotatable bonds is 3. The summed E-state index contributed by atoms with van der Waals surface area (Å²) in [7, 11) is 0. The van der Waals surface area contributed by atoms with Crippen LogP contribution in [0.2, 0.25) is 0 Å². The van der Waals surface area contributed by atoms with Gasteiger partial charge in [-0.05, 0) is 18.6 Å². The van der Waals surface area contributed by atoms with Crippen LogP contribution in [-0.2, 0) is 5.41 Å². The maximum Gasteiger partial charge on any atom is 0.251 e. The fourth-order valence-corrected chi connectivity index (χ4v) is 1.46. The maximum atomic E-state index is 13.1. The lowest BCUT2D eigenvalue weighted by Crippen LogP contribution is -2.29. The summed E-state index contributed by atoms with van der Waals surface area (Å²) < 4.78 is 26.3. The third kappa shape index (κ3) is 2.68. The van der Waals surface area contributed by atoms with Gasteiger partial charge in [-0.15, -0.1) is 0 Å². The smallest absolute Gasteiger partial charge is 0.209 e. The van der Waals surface area contributed by atoms with Crippen LogP contribution in [-0.4, -0.2) is 6.43 Å². The van der Waals surface area contributed by atoms with E-state index in [-0.39, 0.29) is 5.57 Å². The van der Waals surface area contributed by atoms with Crippen LogP contribution >= 0.6 is 0 Å². The molecule has 0 fully saturated rings. The van der Waals surface area contributed by atoms with E-state index in [1.165, 1.54) is 6.92 Å². The molecule has 0 aromatic heterocycles. The summed E-state index contributed by atoms with van der Waals surface area (Å²) >= 11 is 0. The molecule has 86 valence electrons. The molecule has 0 aliphatic heterocycles. The molecule has 0 N–H and O–H groups in total. The van der Waals surface area contributed by atoms with Gasteiger partial charge in [0.2, 0.25) is 0 Å². The number of nitrogens with zero attached hydrogens (tertiary/aromatic N) is 2. The molecule has 2 nitrogen and oxygen atoms in total. The Kier molecular flexibility index (Phi) is 3.96. The summed E-state index contributed by atoms with van der Waals surface area (Å²) in [4.78, 5) is 0. The zero-order valence-corrected chi connectivity index (χ0v) is 9.19. The molecule has 4 heteroatoms. The number of nitriles is 2. The normalized spacial score (nSPS) is 13.3. The van der Waals surface area contributed by atoms with Crippen molar-refractivity contribution in [3.05, 3.63) is 47.5 Å². The van der Waals surface area contributed by atoms with Gasteiger partial charge >= 0.3 is 0 Å². The number of alkyl halides is 2. The Balaban J connectivity index is 3.32. The minimum Gasteiger partial charge on any atom is -0.209 e. The topological polar surface area (TPSA) is 47.6 Å². The van der Waals surface area contributed by atoms with Crippen LogP contribution in [0.5, 0.6) is 0 Å². The van der Waals surface area contributed by atoms with Crippen LogP contribution in [0.25, 0.3) is 0 Å². The molecular weight excluding hydrogens is 222 g/mol. The number of benzene rings is 1. The van der Waals surface area contributed by atoms with Gasteiger partial charge in [0, 0.05) is 0 Å². The molecule has 0 spiro atoms. The van der Waals surface area contributed by atoms with Crippen molar-refractivity contribution in [2.24, 2.45) is 0 Å². The first-order valence-electron chi connectivity index (χ1n) is 4.91. The number of hydrogen-bond acceptors (Lipinski definition) is 2. The van der Waals surface area contributed by atoms with E-state index in [0.29, 0.717) is 5.56 Å². The molecule has 1 unspecified atom stereocenters. The lowest BCUT2D eigenvalue weighted by atomic mass is 9.81. The van der Waals surface area contributed by atoms with Gasteiger partial charge in [0.15, 0.2) is 0 Å². The van der Waals surface area contributed by atoms with Crippen molar-refractivity contribution in [3.8, 4) is 12.1 Å². The molecule has 1 rings (SSSR count). The molecule has 1 aromatic rings. The fourth-order valence-electron chi connectivity index (χ4n) is 1.46. The second-order valence-corrected chi connectivity index (χ2v) is 3.73. The molecule has 0 aliphatic rings. The Bertz CT molecular complexity index is 478. The maximum absolute atomic E-state index is 13.1. The van der Waals surface area contributed by atoms with E-state index >= 15 is 0 Å². The van der Waals surface area contributed by atoms with E-state index in [9.17, 15) is 8.78 Å². The van der Waals surface area contributed by atoms with Gasteiger partial charge in [0.05, 0.1) is 5.41 Å². The predicted molar refractivity (Wildman–Crippen MR) is 59.1 cm³/mol. The van der Waals surface area contributed by atoms with E-state index in [0.717, 1.165) is 6.08 Å². The minimum atomic E-state index is -2.69. The largest absolute Gasteiger partial charge is 0.251 e. The highest BCUT2D eigenvalue weighted by Gasteiger charge is 2.35. The zero-order chi connectivity index (χ0) is 12.9. The average molecular weight is 232 g/mol. The van der Waals surface area contributed by atoms with Gasteiger partial charge < -0.3 is 0 Å². The van der Waals surface area contributed by atoms with Crippen LogP contribution in [0.4, 0.5) is 8.78 Å². The molecular formula is C13H10F2N2. The van der Waals surface area contributed by atoms with Crippen molar-refractivity contribution in [2.45, 2.75) is 18.8 Å². The molecule has 17 heavy (non-hydrogen) atoms. The Labute approximate surface area is 98.4 Å². The Hall–Kier alpha value is -2.20. The summed E-state index contributed by atoms with van der Waals surface area (Å²) in [6.45, 7) is 1.31. The number of halogens is 2. The third-order valence-corrected chi connectivity index (χ3v) is 2.53. The Morgan fingerprint density at radius 2 is 1.76 bits per heavy atom. The first-order chi connectivity index (χ1) is 8.04. The van der Waals surface area contributed by atoms with Gasteiger partial charge in [0.1, 0.15) is 17.7 Å². The van der Waals surface area contributed by atoms with E-state index in [1.807, 2.05) is 0 Å². The van der Waals surface area contributed by atoms with E-state index in [4.69, 9.17) is 10.5 Å².